The fourth-order valence-electron chi connectivity index (χ4n) is 1.88. The average molecular weight is 237 g/mol. The Morgan fingerprint density at radius 2 is 1.82 bits per heavy atom. The monoisotopic (exact) mass is 237 g/mol. The van der Waals surface area contributed by atoms with Crippen molar-refractivity contribution in [3.05, 3.63) is 35.4 Å². The van der Waals surface area contributed by atoms with Crippen LogP contribution < -0.4 is 5.73 Å². The number of hydrogen-bond donors (Lipinski definition) is 2. The lowest BCUT2D eigenvalue weighted by atomic mass is 9.98. The molecule has 0 aliphatic heterocycles. The smallest absolute Gasteiger partial charge is 0.149 e. The van der Waals surface area contributed by atoms with E-state index in [4.69, 9.17) is 5.73 Å². The molecule has 0 saturated heterocycles. The molecule has 17 heavy (non-hydrogen) atoms. The Morgan fingerprint density at radius 3 is 2.35 bits per heavy atom. The van der Waals surface area contributed by atoms with Crippen LogP contribution in [0.2, 0.25) is 0 Å². The molecule has 0 atom stereocenters. The number of nitrogens with two attached hydrogens (primary N) is 1. The molecule has 0 aliphatic rings. The van der Waals surface area contributed by atoms with Gasteiger partial charge in [-0.1, -0.05) is 19.9 Å². The molecule has 0 radical (unpaired) electrons. The molecule has 0 fully saturated rings. The van der Waals surface area contributed by atoms with Crippen molar-refractivity contribution in [1.82, 2.24) is 10.2 Å². The first-order chi connectivity index (χ1) is 8.02. The Morgan fingerprint density at radius 1 is 1.24 bits per heavy atom. The van der Waals surface area contributed by atoms with Crippen molar-refractivity contribution >= 4 is 5.82 Å². The molecular weight excluding hydrogens is 224 g/mol. The Labute approximate surface area is 97.7 Å². The minimum absolute atomic E-state index is 0.0303. The molecule has 1 aromatic carbocycles. The summed E-state index contributed by atoms with van der Waals surface area (Å²) in [6, 6.07) is 3.74. The number of rotatable bonds is 2. The van der Waals surface area contributed by atoms with Crippen LogP contribution in [0.4, 0.5) is 14.6 Å². The number of anilines is 1. The quantitative estimate of drug-likeness (QED) is 0.843. The molecule has 0 bridgehead atoms. The van der Waals surface area contributed by atoms with Crippen molar-refractivity contribution in [2.24, 2.45) is 0 Å². The molecule has 1 aromatic heterocycles. The molecule has 90 valence electrons. The fourth-order valence-corrected chi connectivity index (χ4v) is 1.88. The molecule has 0 saturated carbocycles. The maximum absolute atomic E-state index is 13.7. The highest BCUT2D eigenvalue weighted by Gasteiger charge is 2.21. The first-order valence-electron chi connectivity index (χ1n) is 5.30. The van der Waals surface area contributed by atoms with Gasteiger partial charge in [-0.2, -0.15) is 5.10 Å². The minimum Gasteiger partial charge on any atom is -0.382 e. The Kier molecular flexibility index (Phi) is 2.83. The lowest BCUT2D eigenvalue weighted by Crippen LogP contribution is -1.98. The number of nitrogens with zero attached hydrogens (tertiary/aromatic N) is 1. The van der Waals surface area contributed by atoms with Gasteiger partial charge < -0.3 is 5.73 Å². The topological polar surface area (TPSA) is 54.7 Å². The summed E-state index contributed by atoms with van der Waals surface area (Å²) in [5.74, 6) is -0.952. The first-order valence-corrected chi connectivity index (χ1v) is 5.30. The second-order valence-electron chi connectivity index (χ2n) is 4.15. The highest BCUT2D eigenvalue weighted by molar-refractivity contribution is 5.69. The SMILES string of the molecule is CC(C)c1c(N)n[nH]c1-c1c(F)cccc1F. The molecule has 3 N–H and O–H groups in total. The van der Waals surface area contributed by atoms with Crippen LogP contribution in [0.25, 0.3) is 11.3 Å². The van der Waals surface area contributed by atoms with Gasteiger partial charge in [0.2, 0.25) is 0 Å². The number of aromatic amines is 1. The van der Waals surface area contributed by atoms with E-state index >= 15 is 0 Å². The van der Waals surface area contributed by atoms with E-state index in [1.807, 2.05) is 13.8 Å². The molecule has 0 spiro atoms. The van der Waals surface area contributed by atoms with E-state index < -0.39 is 11.6 Å². The number of aromatic nitrogens is 2. The third-order valence-electron chi connectivity index (χ3n) is 2.62. The third-order valence-corrected chi connectivity index (χ3v) is 2.62. The summed E-state index contributed by atoms with van der Waals surface area (Å²) in [6.07, 6.45) is 0. The number of halogens is 2. The lowest BCUT2D eigenvalue weighted by Gasteiger charge is -2.09. The van der Waals surface area contributed by atoms with Crippen molar-refractivity contribution in [3.63, 3.8) is 0 Å². The Balaban J connectivity index is 2.69. The predicted molar refractivity (Wildman–Crippen MR) is 62.4 cm³/mol. The summed E-state index contributed by atoms with van der Waals surface area (Å²) < 4.78 is 27.3. The van der Waals surface area contributed by atoms with Gasteiger partial charge in [-0.05, 0) is 18.1 Å². The van der Waals surface area contributed by atoms with Crippen LogP contribution in [0.15, 0.2) is 18.2 Å². The van der Waals surface area contributed by atoms with Crippen LogP contribution in [0.5, 0.6) is 0 Å². The zero-order valence-corrected chi connectivity index (χ0v) is 9.59. The van der Waals surface area contributed by atoms with Crippen molar-refractivity contribution in [1.29, 1.82) is 0 Å². The highest BCUT2D eigenvalue weighted by Crippen LogP contribution is 2.34. The maximum atomic E-state index is 13.7. The van der Waals surface area contributed by atoms with Gasteiger partial charge in [0.25, 0.3) is 0 Å². The summed E-state index contributed by atoms with van der Waals surface area (Å²) in [6.45, 7) is 3.78. The summed E-state index contributed by atoms with van der Waals surface area (Å²) in [5, 5.41) is 6.41. The largest absolute Gasteiger partial charge is 0.382 e. The van der Waals surface area contributed by atoms with Gasteiger partial charge in [0.15, 0.2) is 0 Å². The average Bonchev–Trinajstić information content (AvgIpc) is 2.60. The molecule has 1 heterocycles. The summed E-state index contributed by atoms with van der Waals surface area (Å²) in [7, 11) is 0. The van der Waals surface area contributed by atoms with E-state index in [2.05, 4.69) is 10.2 Å². The molecule has 0 unspecified atom stereocenters. The lowest BCUT2D eigenvalue weighted by molar-refractivity contribution is 0.588. The van der Waals surface area contributed by atoms with Crippen LogP contribution in [0, 0.1) is 11.6 Å². The number of nitrogens with one attached hydrogen (secondary N) is 1. The van der Waals surface area contributed by atoms with Gasteiger partial charge in [0.05, 0.1) is 11.3 Å². The Bertz CT molecular complexity index is 526. The number of H-pyrrole nitrogens is 1. The van der Waals surface area contributed by atoms with E-state index in [-0.39, 0.29) is 17.3 Å². The number of hydrogen-bond acceptors (Lipinski definition) is 2. The van der Waals surface area contributed by atoms with Gasteiger partial charge in [-0.3, -0.25) is 5.10 Å². The van der Waals surface area contributed by atoms with Gasteiger partial charge in [0.1, 0.15) is 17.5 Å². The third kappa shape index (κ3) is 1.88. The van der Waals surface area contributed by atoms with E-state index in [0.29, 0.717) is 11.3 Å². The molecular formula is C12H13F2N3. The predicted octanol–water partition coefficient (Wildman–Crippen LogP) is 3.06. The fraction of sp³-hybridized carbons (Fsp3) is 0.250. The van der Waals surface area contributed by atoms with E-state index in [9.17, 15) is 8.78 Å². The molecule has 0 amide bonds. The van der Waals surface area contributed by atoms with Crippen molar-refractivity contribution in [3.8, 4) is 11.3 Å². The zero-order valence-electron chi connectivity index (χ0n) is 9.59. The van der Waals surface area contributed by atoms with E-state index in [1.54, 1.807) is 0 Å². The van der Waals surface area contributed by atoms with E-state index in [1.165, 1.54) is 18.2 Å². The molecule has 0 aliphatic carbocycles. The molecule has 2 rings (SSSR count). The van der Waals surface area contributed by atoms with Crippen LogP contribution in [-0.4, -0.2) is 10.2 Å². The van der Waals surface area contributed by atoms with Crippen LogP contribution in [-0.2, 0) is 0 Å². The van der Waals surface area contributed by atoms with Crippen molar-refractivity contribution in [2.75, 3.05) is 5.73 Å². The summed E-state index contributed by atoms with van der Waals surface area (Å²) in [5.41, 5.74) is 6.53. The standard InChI is InChI=1S/C12H13F2N3/c1-6(2)9-11(16-17-12(9)15)10-7(13)4-3-5-8(10)14/h3-6H,1-2H3,(H3,15,16,17). The molecule has 5 heteroatoms. The Hall–Kier alpha value is -1.91. The second-order valence-corrected chi connectivity index (χ2v) is 4.15. The van der Waals surface area contributed by atoms with Crippen LogP contribution >= 0.6 is 0 Å². The summed E-state index contributed by atoms with van der Waals surface area (Å²) in [4.78, 5) is 0. The van der Waals surface area contributed by atoms with Crippen LogP contribution in [0.1, 0.15) is 25.3 Å². The second kappa shape index (κ2) is 4.16. The minimum atomic E-state index is -0.629. The van der Waals surface area contributed by atoms with Gasteiger partial charge in [0, 0.05) is 5.56 Å². The summed E-state index contributed by atoms with van der Waals surface area (Å²) >= 11 is 0. The number of benzene rings is 1. The zero-order chi connectivity index (χ0) is 12.6. The van der Waals surface area contributed by atoms with Crippen LogP contribution in [0.3, 0.4) is 0 Å². The van der Waals surface area contributed by atoms with E-state index in [0.717, 1.165) is 0 Å². The molecule has 2 aromatic rings. The van der Waals surface area contributed by atoms with Gasteiger partial charge >= 0.3 is 0 Å². The molecule has 3 nitrogen and oxygen atoms in total. The van der Waals surface area contributed by atoms with Crippen molar-refractivity contribution < 1.29 is 8.78 Å². The number of nitrogen functional groups attached to an aromatic ring is 1. The first kappa shape index (κ1) is 11.6. The highest BCUT2D eigenvalue weighted by atomic mass is 19.1. The van der Waals surface area contributed by atoms with Gasteiger partial charge in [-0.25, -0.2) is 8.78 Å². The van der Waals surface area contributed by atoms with Gasteiger partial charge in [-0.15, -0.1) is 0 Å². The normalized spacial score (nSPS) is 11.1. The van der Waals surface area contributed by atoms with Crippen molar-refractivity contribution in [2.45, 2.75) is 19.8 Å². The maximum Gasteiger partial charge on any atom is 0.149 e.